The number of piperazine rings is 1. The number of hydrogen-bond donors (Lipinski definition) is 2. The Morgan fingerprint density at radius 3 is 2.29 bits per heavy atom. The monoisotopic (exact) mass is 433 g/mol. The van der Waals surface area contributed by atoms with Crippen LogP contribution in [0.4, 0.5) is 9.18 Å². The number of hydrogen-bond acceptors (Lipinski definition) is 5. The number of imide groups is 1. The summed E-state index contributed by atoms with van der Waals surface area (Å²) in [6.45, 7) is 7.11. The Bertz CT molecular complexity index is 867. The molecule has 1 aromatic carbocycles. The van der Waals surface area contributed by atoms with E-state index < -0.39 is 23.3 Å². The molecule has 0 radical (unpaired) electrons. The first-order chi connectivity index (χ1) is 14.6. The number of nitrogens with one attached hydrogen (secondary N) is 2. The molecule has 9 nitrogen and oxygen atoms in total. The molecular weight excluding hydrogens is 405 g/mol. The van der Waals surface area contributed by atoms with Crippen LogP contribution in [0.2, 0.25) is 0 Å². The topological polar surface area (TPSA) is 102 Å². The Hall–Kier alpha value is -3.01. The Balaban J connectivity index is 1.56. The molecule has 2 N–H and O–H groups in total. The van der Waals surface area contributed by atoms with Gasteiger partial charge in [0.2, 0.25) is 11.8 Å². The molecule has 10 heteroatoms. The molecular formula is C21H28FN5O4. The third-order valence-corrected chi connectivity index (χ3v) is 5.53. The van der Waals surface area contributed by atoms with E-state index in [2.05, 4.69) is 10.6 Å². The van der Waals surface area contributed by atoms with Crippen molar-refractivity contribution in [3.63, 3.8) is 0 Å². The van der Waals surface area contributed by atoms with Gasteiger partial charge in [-0.2, -0.15) is 0 Å². The fraction of sp³-hybridized carbons (Fsp3) is 0.524. The molecule has 1 atom stereocenters. The molecule has 3 rings (SSSR count). The lowest BCUT2D eigenvalue weighted by molar-refractivity contribution is -0.140. The largest absolute Gasteiger partial charge is 0.353 e. The van der Waals surface area contributed by atoms with Gasteiger partial charge >= 0.3 is 6.03 Å². The predicted octanol–water partition coefficient (Wildman–Crippen LogP) is 0.262. The minimum Gasteiger partial charge on any atom is -0.353 e. The number of urea groups is 1. The number of carbonyl (C=O) groups is 4. The van der Waals surface area contributed by atoms with Gasteiger partial charge in [-0.25, -0.2) is 9.18 Å². The van der Waals surface area contributed by atoms with E-state index in [1.54, 1.807) is 4.90 Å². The SMILES string of the molecule is CC(C)NC(=O)CN1CCN(C(=O)CN2C(=O)NC(C)(c3ccc(F)cc3)C2=O)CC1. The minimum absolute atomic E-state index is 0.0609. The first-order valence-electron chi connectivity index (χ1n) is 10.3. The van der Waals surface area contributed by atoms with Crippen molar-refractivity contribution in [3.8, 4) is 0 Å². The van der Waals surface area contributed by atoms with Gasteiger partial charge in [-0.15, -0.1) is 0 Å². The Kier molecular flexibility index (Phi) is 6.59. The quantitative estimate of drug-likeness (QED) is 0.627. The van der Waals surface area contributed by atoms with E-state index >= 15 is 0 Å². The summed E-state index contributed by atoms with van der Waals surface area (Å²) in [6, 6.07) is 4.72. The fourth-order valence-corrected chi connectivity index (χ4v) is 3.78. The molecule has 2 aliphatic rings. The average molecular weight is 433 g/mol. The summed E-state index contributed by atoms with van der Waals surface area (Å²) in [6.07, 6.45) is 0. The molecule has 0 bridgehead atoms. The van der Waals surface area contributed by atoms with Gasteiger partial charge in [0.25, 0.3) is 5.91 Å². The zero-order valence-electron chi connectivity index (χ0n) is 18.0. The molecule has 5 amide bonds. The number of carbonyl (C=O) groups excluding carboxylic acids is 4. The Morgan fingerprint density at radius 1 is 1.10 bits per heavy atom. The van der Waals surface area contributed by atoms with Crippen LogP contribution in [-0.2, 0) is 19.9 Å². The molecule has 168 valence electrons. The molecule has 2 fully saturated rings. The average Bonchev–Trinajstić information content (AvgIpc) is 2.92. The summed E-state index contributed by atoms with van der Waals surface area (Å²) in [4.78, 5) is 54.4. The molecule has 0 aromatic heterocycles. The van der Waals surface area contributed by atoms with Crippen molar-refractivity contribution in [2.45, 2.75) is 32.4 Å². The molecule has 2 heterocycles. The van der Waals surface area contributed by atoms with Gasteiger partial charge < -0.3 is 15.5 Å². The van der Waals surface area contributed by atoms with Crippen LogP contribution in [0.5, 0.6) is 0 Å². The number of amides is 5. The summed E-state index contributed by atoms with van der Waals surface area (Å²) >= 11 is 0. The zero-order valence-corrected chi connectivity index (χ0v) is 18.0. The smallest absolute Gasteiger partial charge is 0.325 e. The van der Waals surface area contributed by atoms with E-state index in [1.807, 2.05) is 18.7 Å². The van der Waals surface area contributed by atoms with Gasteiger partial charge in [-0.3, -0.25) is 24.2 Å². The van der Waals surface area contributed by atoms with Crippen molar-refractivity contribution in [1.29, 1.82) is 0 Å². The van der Waals surface area contributed by atoms with Crippen molar-refractivity contribution in [1.82, 2.24) is 25.3 Å². The normalized spacial score (nSPS) is 22.1. The second-order valence-corrected chi connectivity index (χ2v) is 8.33. The summed E-state index contributed by atoms with van der Waals surface area (Å²) in [5.74, 6) is -1.40. The third-order valence-electron chi connectivity index (χ3n) is 5.53. The highest BCUT2D eigenvalue weighted by molar-refractivity contribution is 6.09. The highest BCUT2D eigenvalue weighted by atomic mass is 19.1. The van der Waals surface area contributed by atoms with Gasteiger partial charge in [0.1, 0.15) is 17.9 Å². The number of nitrogens with zero attached hydrogens (tertiary/aromatic N) is 3. The second-order valence-electron chi connectivity index (χ2n) is 8.33. The van der Waals surface area contributed by atoms with Crippen LogP contribution in [0.15, 0.2) is 24.3 Å². The first-order valence-corrected chi connectivity index (χ1v) is 10.3. The van der Waals surface area contributed by atoms with Crippen molar-refractivity contribution < 1.29 is 23.6 Å². The highest BCUT2D eigenvalue weighted by Crippen LogP contribution is 2.29. The lowest BCUT2D eigenvalue weighted by Gasteiger charge is -2.35. The van der Waals surface area contributed by atoms with Crippen LogP contribution >= 0.6 is 0 Å². The van der Waals surface area contributed by atoms with Crippen LogP contribution < -0.4 is 10.6 Å². The molecule has 31 heavy (non-hydrogen) atoms. The van der Waals surface area contributed by atoms with E-state index in [9.17, 15) is 23.6 Å². The Morgan fingerprint density at radius 2 is 1.71 bits per heavy atom. The van der Waals surface area contributed by atoms with Crippen LogP contribution in [0.25, 0.3) is 0 Å². The van der Waals surface area contributed by atoms with E-state index in [1.165, 1.54) is 31.2 Å². The van der Waals surface area contributed by atoms with Crippen LogP contribution in [-0.4, -0.2) is 83.8 Å². The lowest BCUT2D eigenvalue weighted by Crippen LogP contribution is -2.53. The van der Waals surface area contributed by atoms with E-state index in [0.29, 0.717) is 31.7 Å². The second kappa shape index (κ2) is 9.01. The van der Waals surface area contributed by atoms with Crippen molar-refractivity contribution >= 4 is 23.8 Å². The predicted molar refractivity (Wildman–Crippen MR) is 110 cm³/mol. The standard InChI is InChI=1S/C21H28FN5O4/c1-14(2)23-17(28)12-25-8-10-26(11-9-25)18(29)13-27-19(30)21(3,24-20(27)31)15-4-6-16(22)7-5-15/h4-7,14H,8-13H2,1-3H3,(H,23,28)(H,24,31). The summed E-state index contributed by atoms with van der Waals surface area (Å²) in [7, 11) is 0. The molecule has 2 saturated heterocycles. The van der Waals surface area contributed by atoms with Gasteiger partial charge in [-0.05, 0) is 38.5 Å². The van der Waals surface area contributed by atoms with Gasteiger partial charge in [-0.1, -0.05) is 12.1 Å². The molecule has 2 aliphatic heterocycles. The maximum atomic E-state index is 13.2. The summed E-state index contributed by atoms with van der Waals surface area (Å²) in [5, 5.41) is 5.45. The van der Waals surface area contributed by atoms with Crippen LogP contribution in [0.1, 0.15) is 26.3 Å². The van der Waals surface area contributed by atoms with Gasteiger partial charge in [0.15, 0.2) is 0 Å². The molecule has 1 unspecified atom stereocenters. The summed E-state index contributed by atoms with van der Waals surface area (Å²) < 4.78 is 13.2. The first kappa shape index (κ1) is 22.7. The van der Waals surface area contributed by atoms with Crippen LogP contribution in [0.3, 0.4) is 0 Å². The molecule has 0 saturated carbocycles. The molecule has 1 aromatic rings. The van der Waals surface area contributed by atoms with E-state index in [-0.39, 0.29) is 30.9 Å². The van der Waals surface area contributed by atoms with E-state index in [4.69, 9.17) is 0 Å². The van der Waals surface area contributed by atoms with Crippen molar-refractivity contribution in [2.24, 2.45) is 0 Å². The minimum atomic E-state index is -1.35. The van der Waals surface area contributed by atoms with Gasteiger partial charge in [0, 0.05) is 32.2 Å². The molecule has 0 aliphatic carbocycles. The van der Waals surface area contributed by atoms with Gasteiger partial charge in [0.05, 0.1) is 6.54 Å². The van der Waals surface area contributed by atoms with Crippen LogP contribution in [0, 0.1) is 5.82 Å². The zero-order chi connectivity index (χ0) is 22.8. The number of benzene rings is 1. The maximum Gasteiger partial charge on any atom is 0.325 e. The Labute approximate surface area is 180 Å². The fourth-order valence-electron chi connectivity index (χ4n) is 3.78. The highest BCUT2D eigenvalue weighted by Gasteiger charge is 2.49. The maximum absolute atomic E-state index is 13.2. The lowest BCUT2D eigenvalue weighted by atomic mass is 9.92. The number of halogens is 1. The van der Waals surface area contributed by atoms with E-state index in [0.717, 1.165) is 4.90 Å². The third kappa shape index (κ3) is 5.01. The van der Waals surface area contributed by atoms with Crippen molar-refractivity contribution in [3.05, 3.63) is 35.6 Å². The van der Waals surface area contributed by atoms with Crippen molar-refractivity contribution in [2.75, 3.05) is 39.3 Å². The summed E-state index contributed by atoms with van der Waals surface area (Å²) in [5.41, 5.74) is -0.913. The molecule has 0 spiro atoms. The number of rotatable bonds is 6.